The van der Waals surface area contributed by atoms with Crippen molar-refractivity contribution in [3.63, 3.8) is 0 Å². The molecule has 0 aromatic heterocycles. The molecule has 2 amide bonds. The maximum absolute atomic E-state index is 13.4. The van der Waals surface area contributed by atoms with Crippen LogP contribution < -0.4 is 10.6 Å². The number of aryl methyl sites for hydroxylation is 1. The zero-order valence-electron chi connectivity index (χ0n) is 17.6. The Kier molecular flexibility index (Phi) is 7.02. The predicted octanol–water partition coefficient (Wildman–Crippen LogP) is 4.91. The molecule has 154 valence electrons. The Morgan fingerprint density at radius 1 is 0.700 bits per heavy atom. The molecule has 0 radical (unpaired) electrons. The standard InChI is InChI=1S/C26H28N2O2/c1-18(2)24(26(30)27-22-16-14-19(3)15-17-22)28-25(29)23(20-10-6-4-7-11-20)21-12-8-5-9-13-21/h4-18,23-24H,1-3H3,(H,27,30)(H,28,29)/t24-/m0/s1. The summed E-state index contributed by atoms with van der Waals surface area (Å²) < 4.78 is 0. The second kappa shape index (κ2) is 9.88. The van der Waals surface area contributed by atoms with Gasteiger partial charge in [-0.1, -0.05) is 92.2 Å². The molecule has 0 aliphatic rings. The molecule has 1 atom stereocenters. The van der Waals surface area contributed by atoms with Crippen molar-refractivity contribution in [2.75, 3.05) is 5.32 Å². The van der Waals surface area contributed by atoms with Gasteiger partial charge in [0.05, 0.1) is 5.92 Å². The molecule has 0 unspecified atom stereocenters. The van der Waals surface area contributed by atoms with Crippen LogP contribution in [0.2, 0.25) is 0 Å². The van der Waals surface area contributed by atoms with Crippen LogP contribution in [0.15, 0.2) is 84.9 Å². The lowest BCUT2D eigenvalue weighted by Gasteiger charge is -2.25. The Bertz CT molecular complexity index is 927. The van der Waals surface area contributed by atoms with Gasteiger partial charge in [0.2, 0.25) is 11.8 Å². The van der Waals surface area contributed by atoms with E-state index in [2.05, 4.69) is 10.6 Å². The SMILES string of the molecule is Cc1ccc(NC(=O)[C@@H](NC(=O)C(c2ccccc2)c2ccccc2)C(C)C)cc1. The highest BCUT2D eigenvalue weighted by Crippen LogP contribution is 2.25. The Hall–Kier alpha value is -3.40. The van der Waals surface area contributed by atoms with Crippen molar-refractivity contribution in [2.24, 2.45) is 5.92 Å². The van der Waals surface area contributed by atoms with Gasteiger partial charge in [-0.3, -0.25) is 9.59 Å². The smallest absolute Gasteiger partial charge is 0.247 e. The molecule has 0 aliphatic carbocycles. The van der Waals surface area contributed by atoms with E-state index in [-0.39, 0.29) is 17.7 Å². The number of nitrogens with one attached hydrogen (secondary N) is 2. The molecular weight excluding hydrogens is 372 g/mol. The number of benzene rings is 3. The second-order valence-corrected chi connectivity index (χ2v) is 7.84. The fraction of sp³-hybridized carbons (Fsp3) is 0.231. The van der Waals surface area contributed by atoms with Gasteiger partial charge in [0, 0.05) is 5.69 Å². The van der Waals surface area contributed by atoms with Gasteiger partial charge in [0.25, 0.3) is 0 Å². The summed E-state index contributed by atoms with van der Waals surface area (Å²) in [4.78, 5) is 26.3. The van der Waals surface area contributed by atoms with Gasteiger partial charge in [-0.15, -0.1) is 0 Å². The lowest BCUT2D eigenvalue weighted by Crippen LogP contribution is -2.48. The van der Waals surface area contributed by atoms with Crippen LogP contribution in [0, 0.1) is 12.8 Å². The lowest BCUT2D eigenvalue weighted by molar-refractivity contribution is -0.127. The van der Waals surface area contributed by atoms with Crippen molar-refractivity contribution in [3.05, 3.63) is 102 Å². The van der Waals surface area contributed by atoms with Gasteiger partial charge in [-0.05, 0) is 36.1 Å². The first-order valence-electron chi connectivity index (χ1n) is 10.2. The van der Waals surface area contributed by atoms with Crippen LogP contribution >= 0.6 is 0 Å². The largest absolute Gasteiger partial charge is 0.343 e. The Morgan fingerprint density at radius 2 is 1.20 bits per heavy atom. The number of carbonyl (C=O) groups excluding carboxylic acids is 2. The molecule has 3 aromatic rings. The number of hydrogen-bond acceptors (Lipinski definition) is 2. The Labute approximate surface area is 178 Å². The van der Waals surface area contributed by atoms with Crippen molar-refractivity contribution in [1.29, 1.82) is 0 Å². The number of carbonyl (C=O) groups is 2. The summed E-state index contributed by atoms with van der Waals surface area (Å²) >= 11 is 0. The van der Waals surface area contributed by atoms with Crippen molar-refractivity contribution in [1.82, 2.24) is 5.32 Å². The molecule has 0 fully saturated rings. The summed E-state index contributed by atoms with van der Waals surface area (Å²) in [5.74, 6) is -0.959. The van der Waals surface area contributed by atoms with Gasteiger partial charge in [-0.2, -0.15) is 0 Å². The van der Waals surface area contributed by atoms with E-state index >= 15 is 0 Å². The zero-order chi connectivity index (χ0) is 21.5. The Balaban J connectivity index is 1.82. The van der Waals surface area contributed by atoms with Gasteiger partial charge in [-0.25, -0.2) is 0 Å². The topological polar surface area (TPSA) is 58.2 Å². The third kappa shape index (κ3) is 5.35. The molecular formula is C26H28N2O2. The molecule has 0 saturated carbocycles. The summed E-state index contributed by atoms with van der Waals surface area (Å²) in [5, 5.41) is 5.91. The van der Waals surface area contributed by atoms with E-state index in [1.807, 2.05) is 106 Å². The van der Waals surface area contributed by atoms with E-state index in [1.165, 1.54) is 0 Å². The average molecular weight is 401 g/mol. The van der Waals surface area contributed by atoms with Crippen LogP contribution in [0.3, 0.4) is 0 Å². The highest BCUT2D eigenvalue weighted by Gasteiger charge is 2.29. The fourth-order valence-electron chi connectivity index (χ4n) is 3.41. The molecule has 0 spiro atoms. The number of hydrogen-bond donors (Lipinski definition) is 2. The quantitative estimate of drug-likeness (QED) is 0.592. The first-order valence-corrected chi connectivity index (χ1v) is 10.2. The molecule has 0 bridgehead atoms. The minimum absolute atomic E-state index is 0.0633. The van der Waals surface area contributed by atoms with Crippen LogP contribution in [0.4, 0.5) is 5.69 Å². The summed E-state index contributed by atoms with van der Waals surface area (Å²) in [6, 6.07) is 26.3. The van der Waals surface area contributed by atoms with E-state index in [4.69, 9.17) is 0 Å². The van der Waals surface area contributed by atoms with Gasteiger partial charge < -0.3 is 10.6 Å². The molecule has 3 rings (SSSR count). The number of anilines is 1. The maximum Gasteiger partial charge on any atom is 0.247 e. The number of amides is 2. The first kappa shape index (κ1) is 21.3. The average Bonchev–Trinajstić information content (AvgIpc) is 2.75. The normalized spacial score (nSPS) is 11.9. The highest BCUT2D eigenvalue weighted by atomic mass is 16.2. The molecule has 3 aromatic carbocycles. The second-order valence-electron chi connectivity index (χ2n) is 7.84. The van der Waals surface area contributed by atoms with Crippen LogP contribution in [0.1, 0.15) is 36.5 Å². The first-order chi connectivity index (χ1) is 14.5. The predicted molar refractivity (Wildman–Crippen MR) is 121 cm³/mol. The molecule has 30 heavy (non-hydrogen) atoms. The monoisotopic (exact) mass is 400 g/mol. The minimum Gasteiger partial charge on any atom is -0.343 e. The minimum atomic E-state index is -0.645. The van der Waals surface area contributed by atoms with Gasteiger partial charge in [0.1, 0.15) is 6.04 Å². The van der Waals surface area contributed by atoms with E-state index in [9.17, 15) is 9.59 Å². The van der Waals surface area contributed by atoms with Crippen molar-refractivity contribution >= 4 is 17.5 Å². The summed E-state index contributed by atoms with van der Waals surface area (Å²) in [5.41, 5.74) is 3.62. The maximum atomic E-state index is 13.4. The van der Waals surface area contributed by atoms with Crippen LogP contribution in [-0.4, -0.2) is 17.9 Å². The third-order valence-electron chi connectivity index (χ3n) is 5.09. The summed E-state index contributed by atoms with van der Waals surface area (Å²) in [6.45, 7) is 5.86. The highest BCUT2D eigenvalue weighted by molar-refractivity contribution is 5.98. The van der Waals surface area contributed by atoms with Crippen molar-refractivity contribution in [2.45, 2.75) is 32.7 Å². The van der Waals surface area contributed by atoms with E-state index in [0.717, 1.165) is 16.7 Å². The van der Waals surface area contributed by atoms with Gasteiger partial charge >= 0.3 is 0 Å². The molecule has 0 aliphatic heterocycles. The molecule has 4 nitrogen and oxygen atoms in total. The molecule has 4 heteroatoms. The summed E-state index contributed by atoms with van der Waals surface area (Å²) in [7, 11) is 0. The van der Waals surface area contributed by atoms with E-state index < -0.39 is 12.0 Å². The van der Waals surface area contributed by atoms with Crippen molar-refractivity contribution < 1.29 is 9.59 Å². The van der Waals surface area contributed by atoms with Crippen molar-refractivity contribution in [3.8, 4) is 0 Å². The third-order valence-corrected chi connectivity index (χ3v) is 5.09. The van der Waals surface area contributed by atoms with Crippen LogP contribution in [0.5, 0.6) is 0 Å². The zero-order valence-corrected chi connectivity index (χ0v) is 17.6. The molecule has 0 heterocycles. The molecule has 2 N–H and O–H groups in total. The van der Waals surface area contributed by atoms with E-state index in [0.29, 0.717) is 5.69 Å². The lowest BCUT2D eigenvalue weighted by atomic mass is 9.89. The van der Waals surface area contributed by atoms with Gasteiger partial charge in [0.15, 0.2) is 0 Å². The Morgan fingerprint density at radius 3 is 1.67 bits per heavy atom. The van der Waals surface area contributed by atoms with Crippen LogP contribution in [-0.2, 0) is 9.59 Å². The fourth-order valence-corrected chi connectivity index (χ4v) is 3.41. The summed E-state index contributed by atoms with van der Waals surface area (Å²) in [6.07, 6.45) is 0. The van der Waals surface area contributed by atoms with Crippen LogP contribution in [0.25, 0.3) is 0 Å². The van der Waals surface area contributed by atoms with E-state index in [1.54, 1.807) is 0 Å². The number of rotatable bonds is 7. The molecule has 0 saturated heterocycles.